The molecule has 3 nitrogen and oxygen atoms in total. The van der Waals surface area contributed by atoms with Crippen molar-refractivity contribution in [1.29, 1.82) is 5.26 Å². The summed E-state index contributed by atoms with van der Waals surface area (Å²) in [6, 6.07) is 16.6. The fraction of sp³-hybridized carbons (Fsp3) is 0. The second-order valence-corrected chi connectivity index (χ2v) is 5.71. The van der Waals surface area contributed by atoms with E-state index in [9.17, 15) is 0 Å². The first kappa shape index (κ1) is 13.9. The highest BCUT2D eigenvalue weighted by Crippen LogP contribution is 2.32. The topological polar surface area (TPSA) is 49.8 Å². The van der Waals surface area contributed by atoms with E-state index < -0.39 is 0 Å². The van der Waals surface area contributed by atoms with E-state index in [1.54, 1.807) is 18.2 Å². The van der Waals surface area contributed by atoms with Crippen LogP contribution in [-0.2, 0) is 0 Å². The average molecular weight is 360 g/mol. The lowest BCUT2D eigenvalue weighted by molar-refractivity contribution is 0.435. The molecule has 3 rings (SSSR count). The van der Waals surface area contributed by atoms with Crippen molar-refractivity contribution >= 4 is 27.5 Å². The summed E-state index contributed by atoms with van der Waals surface area (Å²) in [6.07, 6.45) is 0. The van der Waals surface area contributed by atoms with E-state index in [-0.39, 0.29) is 0 Å². The Balaban J connectivity index is 1.99. The summed E-state index contributed by atoms with van der Waals surface area (Å²) in [6.45, 7) is 0. The number of aromatic nitrogens is 1. The fourth-order valence-corrected chi connectivity index (χ4v) is 2.52. The van der Waals surface area contributed by atoms with E-state index in [2.05, 4.69) is 27.2 Å². The van der Waals surface area contributed by atoms with Crippen LogP contribution >= 0.6 is 27.5 Å². The number of hydrogen-bond donors (Lipinski definition) is 0. The third kappa shape index (κ3) is 2.85. The van der Waals surface area contributed by atoms with Crippen molar-refractivity contribution in [2.24, 2.45) is 0 Å². The quantitative estimate of drug-likeness (QED) is 0.624. The van der Waals surface area contributed by atoms with Gasteiger partial charge in [0.2, 0.25) is 0 Å². The summed E-state index contributed by atoms with van der Waals surface area (Å²) < 4.78 is 6.29. The summed E-state index contributed by atoms with van der Waals surface area (Å²) >= 11 is 9.60. The molecule has 0 unspecified atom stereocenters. The van der Waals surface area contributed by atoms with Crippen LogP contribution in [-0.4, -0.2) is 5.16 Å². The molecule has 0 atom stereocenters. The van der Waals surface area contributed by atoms with Gasteiger partial charge >= 0.3 is 0 Å². The Morgan fingerprint density at radius 1 is 1.10 bits per heavy atom. The maximum Gasteiger partial charge on any atom is 0.167 e. The molecule has 0 bridgehead atoms. The number of nitrogens with zero attached hydrogens (tertiary/aromatic N) is 2. The van der Waals surface area contributed by atoms with Crippen LogP contribution < -0.4 is 0 Å². The van der Waals surface area contributed by atoms with Crippen molar-refractivity contribution in [2.45, 2.75) is 0 Å². The molecule has 0 saturated heterocycles. The molecule has 0 radical (unpaired) electrons. The molecule has 2 aromatic carbocycles. The standard InChI is InChI=1S/C16H8BrClN2O/c17-12-5-6-14(18)13(7-12)15-8-16(21-20-15)11-3-1-10(9-19)2-4-11/h1-8H. The third-order valence-corrected chi connectivity index (χ3v) is 3.84. The molecule has 1 aromatic heterocycles. The Morgan fingerprint density at radius 2 is 1.86 bits per heavy atom. The van der Waals surface area contributed by atoms with Crippen molar-refractivity contribution in [3.8, 4) is 28.7 Å². The molecular formula is C16H8BrClN2O. The number of nitriles is 1. The van der Waals surface area contributed by atoms with Gasteiger partial charge in [0.25, 0.3) is 0 Å². The highest BCUT2D eigenvalue weighted by atomic mass is 79.9. The van der Waals surface area contributed by atoms with Crippen LogP contribution in [0.25, 0.3) is 22.6 Å². The van der Waals surface area contributed by atoms with Crippen LogP contribution in [0, 0.1) is 11.3 Å². The Labute approximate surface area is 134 Å². The van der Waals surface area contributed by atoms with Gasteiger partial charge in [0.15, 0.2) is 5.76 Å². The Kier molecular flexibility index (Phi) is 3.78. The maximum absolute atomic E-state index is 8.80. The van der Waals surface area contributed by atoms with Gasteiger partial charge in [-0.2, -0.15) is 5.26 Å². The lowest BCUT2D eigenvalue weighted by Gasteiger charge is -1.99. The van der Waals surface area contributed by atoms with Crippen molar-refractivity contribution in [1.82, 2.24) is 5.16 Å². The van der Waals surface area contributed by atoms with E-state index in [0.717, 1.165) is 15.6 Å². The molecule has 0 fully saturated rings. The molecule has 0 aliphatic heterocycles. The molecule has 0 amide bonds. The first-order valence-corrected chi connectivity index (χ1v) is 7.27. The molecular weight excluding hydrogens is 352 g/mol. The van der Waals surface area contributed by atoms with Gasteiger partial charge in [-0.05, 0) is 42.5 Å². The maximum atomic E-state index is 8.80. The lowest BCUT2D eigenvalue weighted by atomic mass is 10.1. The van der Waals surface area contributed by atoms with Crippen molar-refractivity contribution in [3.05, 3.63) is 63.6 Å². The Morgan fingerprint density at radius 3 is 2.57 bits per heavy atom. The number of benzene rings is 2. The van der Waals surface area contributed by atoms with Crippen LogP contribution in [0.4, 0.5) is 0 Å². The van der Waals surface area contributed by atoms with E-state index in [4.69, 9.17) is 21.4 Å². The number of rotatable bonds is 2. The monoisotopic (exact) mass is 358 g/mol. The number of halogens is 2. The van der Waals surface area contributed by atoms with Crippen molar-refractivity contribution < 1.29 is 4.52 Å². The van der Waals surface area contributed by atoms with Crippen LogP contribution in [0.5, 0.6) is 0 Å². The van der Waals surface area contributed by atoms with Crippen LogP contribution in [0.2, 0.25) is 5.02 Å². The van der Waals surface area contributed by atoms with E-state index in [1.165, 1.54) is 0 Å². The first-order valence-electron chi connectivity index (χ1n) is 6.10. The predicted molar refractivity (Wildman–Crippen MR) is 84.8 cm³/mol. The molecule has 5 heteroatoms. The highest BCUT2D eigenvalue weighted by molar-refractivity contribution is 9.10. The van der Waals surface area contributed by atoms with E-state index in [1.807, 2.05) is 30.3 Å². The SMILES string of the molecule is N#Cc1ccc(-c2cc(-c3cc(Br)ccc3Cl)no2)cc1. The molecule has 1 heterocycles. The number of hydrogen-bond acceptors (Lipinski definition) is 3. The molecule has 3 aromatic rings. The normalized spacial score (nSPS) is 10.3. The fourth-order valence-electron chi connectivity index (χ4n) is 1.94. The molecule has 0 aliphatic carbocycles. The lowest BCUT2D eigenvalue weighted by Crippen LogP contribution is -1.79. The van der Waals surface area contributed by atoms with Gasteiger partial charge < -0.3 is 4.52 Å². The molecule has 0 aliphatic rings. The summed E-state index contributed by atoms with van der Waals surface area (Å²) in [5.74, 6) is 0.630. The average Bonchev–Trinajstić information content (AvgIpc) is 2.99. The van der Waals surface area contributed by atoms with Gasteiger partial charge in [-0.3, -0.25) is 0 Å². The van der Waals surface area contributed by atoms with Gasteiger partial charge in [-0.1, -0.05) is 32.7 Å². The summed E-state index contributed by atoms with van der Waals surface area (Å²) in [4.78, 5) is 0. The van der Waals surface area contributed by atoms with Crippen LogP contribution in [0.15, 0.2) is 57.5 Å². The minimum Gasteiger partial charge on any atom is -0.356 e. The Bertz CT molecular complexity index is 834. The Hall–Kier alpha value is -2.09. The zero-order valence-electron chi connectivity index (χ0n) is 10.7. The van der Waals surface area contributed by atoms with Gasteiger partial charge in [-0.15, -0.1) is 0 Å². The van der Waals surface area contributed by atoms with Crippen LogP contribution in [0.3, 0.4) is 0 Å². The zero-order chi connectivity index (χ0) is 14.8. The zero-order valence-corrected chi connectivity index (χ0v) is 13.0. The minimum absolute atomic E-state index is 0.605. The summed E-state index contributed by atoms with van der Waals surface area (Å²) in [5, 5.41) is 13.5. The molecule has 0 saturated carbocycles. The van der Waals surface area contributed by atoms with Gasteiger partial charge in [-0.25, -0.2) is 0 Å². The predicted octanol–water partition coefficient (Wildman–Crippen LogP) is 5.30. The largest absolute Gasteiger partial charge is 0.356 e. The van der Waals surface area contributed by atoms with Crippen molar-refractivity contribution in [2.75, 3.05) is 0 Å². The molecule has 21 heavy (non-hydrogen) atoms. The summed E-state index contributed by atoms with van der Waals surface area (Å²) in [7, 11) is 0. The molecule has 0 spiro atoms. The van der Waals surface area contributed by atoms with Gasteiger partial charge in [0, 0.05) is 21.7 Å². The van der Waals surface area contributed by atoms with Crippen LogP contribution in [0.1, 0.15) is 5.56 Å². The smallest absolute Gasteiger partial charge is 0.167 e. The van der Waals surface area contributed by atoms with E-state index in [0.29, 0.717) is 22.0 Å². The van der Waals surface area contributed by atoms with Crippen molar-refractivity contribution in [3.63, 3.8) is 0 Å². The van der Waals surface area contributed by atoms with Gasteiger partial charge in [0.05, 0.1) is 16.7 Å². The van der Waals surface area contributed by atoms with E-state index >= 15 is 0 Å². The third-order valence-electron chi connectivity index (χ3n) is 3.01. The molecule has 0 N–H and O–H groups in total. The second-order valence-electron chi connectivity index (χ2n) is 4.39. The minimum atomic E-state index is 0.605. The molecule has 102 valence electrons. The first-order chi connectivity index (χ1) is 10.2. The highest BCUT2D eigenvalue weighted by Gasteiger charge is 2.11. The second kappa shape index (κ2) is 5.72. The van der Waals surface area contributed by atoms with Gasteiger partial charge in [0.1, 0.15) is 5.69 Å². The summed E-state index contributed by atoms with van der Waals surface area (Å²) in [5.41, 5.74) is 2.93.